The maximum Gasteiger partial charge on any atom is 0.274 e. The summed E-state index contributed by atoms with van der Waals surface area (Å²) in [4.78, 5) is 20.1. The van der Waals surface area contributed by atoms with Gasteiger partial charge < -0.3 is 5.73 Å². The van der Waals surface area contributed by atoms with Crippen molar-refractivity contribution in [2.75, 3.05) is 0 Å². The van der Waals surface area contributed by atoms with Gasteiger partial charge in [0.05, 0.1) is 0 Å². The minimum absolute atomic E-state index is 0.0302. The van der Waals surface area contributed by atoms with Crippen LogP contribution in [0.25, 0.3) is 5.78 Å². The number of nitrogens with zero attached hydrogens (tertiary/aromatic N) is 3. The highest BCUT2D eigenvalue weighted by Gasteiger charge is 2.15. The first-order valence-corrected chi connectivity index (χ1v) is 5.21. The molecule has 16 heavy (non-hydrogen) atoms. The number of nitrogens with two attached hydrogens (primary N) is 1. The largest absolute Gasteiger partial charge is 0.327 e. The fourth-order valence-corrected chi connectivity index (χ4v) is 1.46. The van der Waals surface area contributed by atoms with Crippen LogP contribution in [-0.4, -0.2) is 25.6 Å². The second-order valence-electron chi connectivity index (χ2n) is 4.13. The van der Waals surface area contributed by atoms with E-state index in [2.05, 4.69) is 15.1 Å². The molecule has 2 aromatic rings. The van der Waals surface area contributed by atoms with Crippen molar-refractivity contribution in [3.63, 3.8) is 0 Å². The molecule has 2 unspecified atom stereocenters. The fourth-order valence-electron chi connectivity index (χ4n) is 1.46. The van der Waals surface area contributed by atoms with E-state index < -0.39 is 0 Å². The van der Waals surface area contributed by atoms with E-state index in [1.54, 1.807) is 6.92 Å². The fraction of sp³-hybridized carbons (Fsp3) is 0.500. The number of aryl methyl sites for hydroxylation is 1. The molecule has 0 bridgehead atoms. The second kappa shape index (κ2) is 3.71. The molecule has 0 saturated carbocycles. The Morgan fingerprint density at radius 1 is 1.44 bits per heavy atom. The van der Waals surface area contributed by atoms with Crippen LogP contribution in [0.5, 0.6) is 0 Å². The topological polar surface area (TPSA) is 89.1 Å². The van der Waals surface area contributed by atoms with Crippen molar-refractivity contribution in [2.24, 2.45) is 5.73 Å². The van der Waals surface area contributed by atoms with Gasteiger partial charge in [-0.1, -0.05) is 6.92 Å². The average molecular weight is 221 g/mol. The number of hydrogen-bond acceptors (Lipinski definition) is 4. The van der Waals surface area contributed by atoms with Crippen molar-refractivity contribution in [1.29, 1.82) is 0 Å². The van der Waals surface area contributed by atoms with Crippen LogP contribution in [-0.2, 0) is 0 Å². The zero-order valence-corrected chi connectivity index (χ0v) is 9.56. The summed E-state index contributed by atoms with van der Waals surface area (Å²) < 4.78 is 1.33. The minimum Gasteiger partial charge on any atom is -0.327 e. The summed E-state index contributed by atoms with van der Waals surface area (Å²) in [5, 5.41) is 2.92. The van der Waals surface area contributed by atoms with Crippen LogP contribution >= 0.6 is 0 Å². The van der Waals surface area contributed by atoms with Gasteiger partial charge in [0.15, 0.2) is 0 Å². The highest BCUT2D eigenvalue weighted by molar-refractivity contribution is 5.28. The van der Waals surface area contributed by atoms with Gasteiger partial charge in [-0.15, -0.1) is 0 Å². The molecule has 0 spiro atoms. The van der Waals surface area contributed by atoms with E-state index in [1.807, 2.05) is 13.8 Å². The number of aromatic nitrogens is 4. The number of H-pyrrole nitrogens is 1. The maximum atomic E-state index is 11.6. The van der Waals surface area contributed by atoms with Crippen molar-refractivity contribution < 1.29 is 0 Å². The number of nitrogens with one attached hydrogen (secondary N) is 1. The quantitative estimate of drug-likeness (QED) is 0.756. The zero-order valence-electron chi connectivity index (χ0n) is 9.56. The number of fused-ring (bicyclic) bond motifs is 1. The summed E-state index contributed by atoms with van der Waals surface area (Å²) in [7, 11) is 0. The van der Waals surface area contributed by atoms with Gasteiger partial charge in [0.2, 0.25) is 0 Å². The third kappa shape index (κ3) is 1.71. The number of rotatable bonds is 2. The molecule has 0 aliphatic carbocycles. The zero-order chi connectivity index (χ0) is 11.9. The Kier molecular flexibility index (Phi) is 2.51. The highest BCUT2D eigenvalue weighted by atomic mass is 16.1. The molecule has 0 amide bonds. The van der Waals surface area contributed by atoms with Gasteiger partial charge in [-0.2, -0.15) is 9.50 Å². The Balaban J connectivity index is 2.60. The van der Waals surface area contributed by atoms with E-state index in [4.69, 9.17) is 5.73 Å². The Bertz CT molecular complexity index is 568. The van der Waals surface area contributed by atoms with Crippen LogP contribution in [0.1, 0.15) is 31.3 Å². The Morgan fingerprint density at radius 2 is 2.12 bits per heavy atom. The monoisotopic (exact) mass is 221 g/mol. The normalized spacial score (nSPS) is 15.2. The van der Waals surface area contributed by atoms with Gasteiger partial charge in [0.25, 0.3) is 11.3 Å². The smallest absolute Gasteiger partial charge is 0.274 e. The molecular weight excluding hydrogens is 206 g/mol. The van der Waals surface area contributed by atoms with E-state index in [1.165, 1.54) is 10.6 Å². The molecule has 0 aromatic carbocycles. The summed E-state index contributed by atoms with van der Waals surface area (Å²) in [5.74, 6) is 1.14. The van der Waals surface area contributed by atoms with E-state index in [0.29, 0.717) is 17.3 Å². The lowest BCUT2D eigenvalue weighted by molar-refractivity contribution is 0.580. The summed E-state index contributed by atoms with van der Waals surface area (Å²) in [6.07, 6.45) is 0. The van der Waals surface area contributed by atoms with E-state index >= 15 is 0 Å². The molecule has 6 nitrogen and oxygen atoms in total. The molecule has 0 aliphatic rings. The predicted octanol–water partition coefficient (Wildman–Crippen LogP) is 0.177. The van der Waals surface area contributed by atoms with Crippen LogP contribution in [0.3, 0.4) is 0 Å². The molecule has 0 saturated heterocycles. The van der Waals surface area contributed by atoms with Crippen LogP contribution in [0.2, 0.25) is 0 Å². The van der Waals surface area contributed by atoms with Crippen molar-refractivity contribution in [2.45, 2.75) is 32.7 Å². The SMILES string of the molecule is Cc1cc(=O)n2[nH]c(C(C)C(C)N)nc2n1. The average Bonchev–Trinajstić information content (AvgIpc) is 2.60. The molecule has 86 valence electrons. The molecule has 0 fully saturated rings. The Labute approximate surface area is 92.5 Å². The van der Waals surface area contributed by atoms with Crippen molar-refractivity contribution in [1.82, 2.24) is 19.6 Å². The van der Waals surface area contributed by atoms with Gasteiger partial charge in [0.1, 0.15) is 5.82 Å². The summed E-state index contributed by atoms with van der Waals surface area (Å²) in [5.41, 5.74) is 6.30. The molecule has 2 rings (SSSR count). The predicted molar refractivity (Wildman–Crippen MR) is 60.4 cm³/mol. The lowest BCUT2D eigenvalue weighted by Gasteiger charge is -2.10. The van der Waals surface area contributed by atoms with Crippen LogP contribution in [0.15, 0.2) is 10.9 Å². The van der Waals surface area contributed by atoms with Crippen LogP contribution < -0.4 is 11.3 Å². The molecule has 2 heterocycles. The number of hydrogen-bond donors (Lipinski definition) is 2. The maximum absolute atomic E-state index is 11.6. The first-order chi connectivity index (χ1) is 7.49. The molecule has 3 N–H and O–H groups in total. The first kappa shape index (κ1) is 10.8. The standard InChI is InChI=1S/C10H15N5O/c1-5-4-8(16)15-10(12-5)13-9(14-15)6(2)7(3)11/h4,6-7H,11H2,1-3H3,(H,12,13,14). The highest BCUT2D eigenvalue weighted by Crippen LogP contribution is 2.13. The summed E-state index contributed by atoms with van der Waals surface area (Å²) >= 11 is 0. The molecular formula is C10H15N5O. The van der Waals surface area contributed by atoms with E-state index in [9.17, 15) is 4.79 Å². The molecule has 2 atom stereocenters. The third-order valence-corrected chi connectivity index (χ3v) is 2.70. The molecule has 2 aromatic heterocycles. The van der Waals surface area contributed by atoms with Gasteiger partial charge in [-0.3, -0.25) is 9.89 Å². The summed E-state index contributed by atoms with van der Waals surface area (Å²) in [6.45, 7) is 5.63. The van der Waals surface area contributed by atoms with Gasteiger partial charge >= 0.3 is 0 Å². The molecule has 0 radical (unpaired) electrons. The van der Waals surface area contributed by atoms with Crippen molar-refractivity contribution in [3.8, 4) is 0 Å². The van der Waals surface area contributed by atoms with E-state index in [0.717, 1.165) is 0 Å². The Morgan fingerprint density at radius 3 is 2.75 bits per heavy atom. The molecule has 0 aliphatic heterocycles. The third-order valence-electron chi connectivity index (χ3n) is 2.70. The second-order valence-corrected chi connectivity index (χ2v) is 4.13. The van der Waals surface area contributed by atoms with Gasteiger partial charge in [0, 0.05) is 23.7 Å². The van der Waals surface area contributed by atoms with Crippen molar-refractivity contribution >= 4 is 5.78 Å². The lowest BCUT2D eigenvalue weighted by Crippen LogP contribution is -2.23. The van der Waals surface area contributed by atoms with Crippen molar-refractivity contribution in [3.05, 3.63) is 27.9 Å². The minimum atomic E-state index is -0.155. The van der Waals surface area contributed by atoms with E-state index in [-0.39, 0.29) is 17.5 Å². The summed E-state index contributed by atoms with van der Waals surface area (Å²) in [6, 6.07) is 1.43. The number of aromatic amines is 1. The Hall–Kier alpha value is -1.69. The van der Waals surface area contributed by atoms with Gasteiger partial charge in [-0.05, 0) is 13.8 Å². The lowest BCUT2D eigenvalue weighted by atomic mass is 10.0. The van der Waals surface area contributed by atoms with Crippen LogP contribution in [0.4, 0.5) is 0 Å². The molecule has 6 heteroatoms. The van der Waals surface area contributed by atoms with Crippen LogP contribution in [0, 0.1) is 6.92 Å². The first-order valence-electron chi connectivity index (χ1n) is 5.21. The van der Waals surface area contributed by atoms with Gasteiger partial charge in [-0.25, -0.2) is 4.98 Å².